The summed E-state index contributed by atoms with van der Waals surface area (Å²) in [5.41, 5.74) is 7.00. The lowest BCUT2D eigenvalue weighted by atomic mass is 10.1. The molecule has 0 aliphatic carbocycles. The number of carbonyl (C=O) groups excluding carboxylic acids is 2. The fourth-order valence-corrected chi connectivity index (χ4v) is 1.50. The summed E-state index contributed by atoms with van der Waals surface area (Å²) in [6.07, 6.45) is -0.664. The Balaban J connectivity index is 2.46. The number of hydrogen-bond donors (Lipinski definition) is 2. The lowest BCUT2D eigenvalue weighted by Gasteiger charge is -2.15. The van der Waals surface area contributed by atoms with Gasteiger partial charge in [0.25, 0.3) is 5.91 Å². The van der Waals surface area contributed by atoms with Crippen LogP contribution in [-0.4, -0.2) is 24.0 Å². The molecule has 1 aromatic carbocycles. The average molecular weight is 264 g/mol. The van der Waals surface area contributed by atoms with E-state index in [1.807, 2.05) is 13.8 Å². The van der Waals surface area contributed by atoms with E-state index in [1.165, 1.54) is 0 Å². The van der Waals surface area contributed by atoms with E-state index in [4.69, 9.17) is 10.5 Å². The molecule has 0 bridgehead atoms. The van der Waals surface area contributed by atoms with Crippen LogP contribution in [0, 0.1) is 0 Å². The van der Waals surface area contributed by atoms with Crippen LogP contribution < -0.4 is 11.1 Å². The van der Waals surface area contributed by atoms with Crippen LogP contribution in [0.4, 0.5) is 5.69 Å². The number of rotatable bonds is 5. The van der Waals surface area contributed by atoms with Crippen molar-refractivity contribution < 1.29 is 14.3 Å². The van der Waals surface area contributed by atoms with E-state index in [0.717, 1.165) is 5.56 Å². The highest BCUT2D eigenvalue weighted by molar-refractivity contribution is 5.84. The molecule has 19 heavy (non-hydrogen) atoms. The van der Waals surface area contributed by atoms with Gasteiger partial charge in [-0.05, 0) is 38.5 Å². The third-order valence-electron chi connectivity index (χ3n) is 2.44. The monoisotopic (exact) mass is 264 g/mol. The van der Waals surface area contributed by atoms with Gasteiger partial charge in [0.2, 0.25) is 0 Å². The van der Waals surface area contributed by atoms with Gasteiger partial charge in [0.15, 0.2) is 6.10 Å². The Morgan fingerprint density at radius 3 is 2.32 bits per heavy atom. The Morgan fingerprint density at radius 1 is 1.21 bits per heavy atom. The minimum absolute atomic E-state index is 0.0192. The van der Waals surface area contributed by atoms with Gasteiger partial charge in [0, 0.05) is 11.7 Å². The molecular formula is C14H20N2O3. The summed E-state index contributed by atoms with van der Waals surface area (Å²) in [4.78, 5) is 23.2. The van der Waals surface area contributed by atoms with Crippen molar-refractivity contribution in [3.05, 3.63) is 29.8 Å². The average Bonchev–Trinajstić information content (AvgIpc) is 2.31. The Morgan fingerprint density at radius 2 is 1.79 bits per heavy atom. The van der Waals surface area contributed by atoms with E-state index in [-0.39, 0.29) is 18.4 Å². The molecule has 0 saturated carbocycles. The second-order valence-electron chi connectivity index (χ2n) is 4.71. The van der Waals surface area contributed by atoms with Crippen molar-refractivity contribution in [2.75, 3.05) is 5.73 Å². The maximum atomic E-state index is 11.7. The predicted octanol–water partition coefficient (Wildman–Crippen LogP) is 1.27. The first-order chi connectivity index (χ1) is 8.88. The first-order valence-electron chi connectivity index (χ1n) is 6.22. The number of hydrogen-bond acceptors (Lipinski definition) is 4. The molecule has 1 rings (SSSR count). The van der Waals surface area contributed by atoms with Crippen LogP contribution in [0.1, 0.15) is 26.3 Å². The van der Waals surface area contributed by atoms with E-state index in [9.17, 15) is 9.59 Å². The van der Waals surface area contributed by atoms with Crippen LogP contribution in [0.5, 0.6) is 0 Å². The zero-order valence-electron chi connectivity index (χ0n) is 11.5. The molecule has 104 valence electrons. The molecule has 3 N–H and O–H groups in total. The number of nitrogens with two attached hydrogens (primary N) is 1. The number of nitrogen functional groups attached to an aromatic ring is 1. The minimum Gasteiger partial charge on any atom is -0.452 e. The zero-order chi connectivity index (χ0) is 14.4. The van der Waals surface area contributed by atoms with Crippen molar-refractivity contribution in [3.8, 4) is 0 Å². The number of carbonyl (C=O) groups is 2. The van der Waals surface area contributed by atoms with Crippen molar-refractivity contribution in [2.24, 2.45) is 0 Å². The molecule has 0 aromatic heterocycles. The summed E-state index contributed by atoms with van der Waals surface area (Å²) in [6.45, 7) is 5.25. The number of esters is 1. The quantitative estimate of drug-likeness (QED) is 0.620. The van der Waals surface area contributed by atoms with Crippen molar-refractivity contribution in [2.45, 2.75) is 39.3 Å². The second kappa shape index (κ2) is 6.78. The van der Waals surface area contributed by atoms with Crippen LogP contribution in [0.3, 0.4) is 0 Å². The number of nitrogens with one attached hydrogen (secondary N) is 1. The highest BCUT2D eigenvalue weighted by Gasteiger charge is 2.18. The first kappa shape index (κ1) is 15.0. The highest BCUT2D eigenvalue weighted by atomic mass is 16.5. The van der Waals surface area contributed by atoms with Gasteiger partial charge < -0.3 is 15.8 Å². The fraction of sp³-hybridized carbons (Fsp3) is 0.429. The van der Waals surface area contributed by atoms with Gasteiger partial charge in [0.05, 0.1) is 6.42 Å². The van der Waals surface area contributed by atoms with Gasteiger partial charge in [-0.3, -0.25) is 9.59 Å². The number of benzene rings is 1. The fourth-order valence-electron chi connectivity index (χ4n) is 1.50. The molecule has 1 aromatic rings. The summed E-state index contributed by atoms with van der Waals surface area (Å²) in [5, 5.41) is 2.69. The standard InChI is InChI=1S/C14H20N2O3/c1-9(2)16-14(18)10(3)19-13(17)8-11-4-6-12(15)7-5-11/h4-7,9-10H,8,15H2,1-3H3,(H,16,18). The Kier molecular flexibility index (Phi) is 5.36. The van der Waals surface area contributed by atoms with Crippen LogP contribution in [0.25, 0.3) is 0 Å². The third-order valence-corrected chi connectivity index (χ3v) is 2.44. The molecule has 0 heterocycles. The topological polar surface area (TPSA) is 81.4 Å². The predicted molar refractivity (Wildman–Crippen MR) is 73.4 cm³/mol. The molecule has 0 radical (unpaired) electrons. The molecule has 5 nitrogen and oxygen atoms in total. The molecular weight excluding hydrogens is 244 g/mol. The van der Waals surface area contributed by atoms with Gasteiger partial charge in [-0.15, -0.1) is 0 Å². The van der Waals surface area contributed by atoms with E-state index in [1.54, 1.807) is 31.2 Å². The number of anilines is 1. The molecule has 0 aliphatic heterocycles. The van der Waals surface area contributed by atoms with E-state index < -0.39 is 12.1 Å². The Hall–Kier alpha value is -2.04. The maximum absolute atomic E-state index is 11.7. The zero-order valence-corrected chi connectivity index (χ0v) is 11.5. The SMILES string of the molecule is CC(C)NC(=O)C(C)OC(=O)Cc1ccc(N)cc1. The Bertz CT molecular complexity index is 441. The maximum Gasteiger partial charge on any atom is 0.311 e. The minimum atomic E-state index is -0.788. The van der Waals surface area contributed by atoms with Gasteiger partial charge in [-0.25, -0.2) is 0 Å². The summed E-state index contributed by atoms with van der Waals surface area (Å²) in [6, 6.07) is 6.98. The van der Waals surface area contributed by atoms with Gasteiger partial charge in [0.1, 0.15) is 0 Å². The van der Waals surface area contributed by atoms with Crippen molar-refractivity contribution in [1.29, 1.82) is 0 Å². The first-order valence-corrected chi connectivity index (χ1v) is 6.22. The van der Waals surface area contributed by atoms with E-state index in [0.29, 0.717) is 5.69 Å². The number of ether oxygens (including phenoxy) is 1. The summed E-state index contributed by atoms with van der Waals surface area (Å²) in [7, 11) is 0. The molecule has 0 saturated heterocycles. The molecule has 5 heteroatoms. The van der Waals surface area contributed by atoms with Gasteiger partial charge in [-0.1, -0.05) is 12.1 Å². The van der Waals surface area contributed by atoms with Gasteiger partial charge in [-0.2, -0.15) is 0 Å². The smallest absolute Gasteiger partial charge is 0.311 e. The molecule has 0 aliphatic rings. The molecule has 1 amide bonds. The third kappa shape index (κ3) is 5.42. The highest BCUT2D eigenvalue weighted by Crippen LogP contribution is 2.07. The summed E-state index contributed by atoms with van der Waals surface area (Å²) in [5.74, 6) is -0.725. The van der Waals surface area contributed by atoms with Crippen molar-refractivity contribution in [3.63, 3.8) is 0 Å². The van der Waals surface area contributed by atoms with E-state index >= 15 is 0 Å². The van der Waals surface area contributed by atoms with E-state index in [2.05, 4.69) is 5.32 Å². The lowest BCUT2D eigenvalue weighted by Crippen LogP contribution is -2.39. The van der Waals surface area contributed by atoms with Crippen LogP contribution in [0.15, 0.2) is 24.3 Å². The molecule has 1 atom stereocenters. The van der Waals surface area contributed by atoms with Crippen molar-refractivity contribution in [1.82, 2.24) is 5.32 Å². The second-order valence-corrected chi connectivity index (χ2v) is 4.71. The van der Waals surface area contributed by atoms with Crippen molar-refractivity contribution >= 4 is 17.6 Å². The summed E-state index contributed by atoms with van der Waals surface area (Å²) >= 11 is 0. The van der Waals surface area contributed by atoms with Gasteiger partial charge >= 0.3 is 5.97 Å². The Labute approximate surface area is 113 Å². The molecule has 0 fully saturated rings. The normalized spacial score (nSPS) is 12.0. The van der Waals surface area contributed by atoms with Crippen LogP contribution in [-0.2, 0) is 20.7 Å². The van der Waals surface area contributed by atoms with Crippen LogP contribution in [0.2, 0.25) is 0 Å². The number of amides is 1. The lowest BCUT2D eigenvalue weighted by molar-refractivity contribution is -0.154. The molecule has 1 unspecified atom stereocenters. The largest absolute Gasteiger partial charge is 0.452 e. The van der Waals surface area contributed by atoms with Crippen LogP contribution >= 0.6 is 0 Å². The molecule has 0 spiro atoms. The summed E-state index contributed by atoms with van der Waals surface area (Å²) < 4.78 is 5.06.